The van der Waals surface area contributed by atoms with Gasteiger partial charge < -0.3 is 19.0 Å². The largest absolute Gasteiger partial charge is 0.493 e. The number of aliphatic hydroxyl groups is 1. The molecule has 1 aromatic heterocycles. The monoisotopic (exact) mass is 442 g/mol. The predicted molar refractivity (Wildman–Crippen MR) is 121 cm³/mol. The van der Waals surface area contributed by atoms with Crippen LogP contribution in [0.2, 0.25) is 0 Å². The number of hydrogen-bond donors (Lipinski definition) is 1. The summed E-state index contributed by atoms with van der Waals surface area (Å²) in [6.45, 7) is 10.4. The molecule has 2 aromatic rings. The predicted octanol–water partition coefficient (Wildman–Crippen LogP) is 4.71. The smallest absolute Gasteiger partial charge is 0.336 e. The number of carbonyl (C=O) groups excluding carboxylic acids is 1. The molecule has 4 rings (SSSR count). The number of rotatable bonds is 4. The van der Waals surface area contributed by atoms with Gasteiger partial charge in [0.2, 0.25) is 0 Å². The number of carbonyl (C=O) groups is 1. The van der Waals surface area contributed by atoms with Gasteiger partial charge in [-0.3, -0.25) is 4.79 Å². The van der Waals surface area contributed by atoms with E-state index in [0.29, 0.717) is 24.4 Å². The maximum Gasteiger partial charge on any atom is 0.336 e. The number of fused-ring (bicyclic) bond motifs is 2. The van der Waals surface area contributed by atoms with Crippen molar-refractivity contribution in [3.8, 4) is 5.75 Å². The molecule has 2 aliphatic carbocycles. The standard InChI is InChI=1S/C26H34O6/c1-16(27)31-22-11-12-25(4)20(24(22,2)3)10-13-26(5,29)21(25)15-30-18-8-6-17-7-9-23(28)32-19(17)14-18/h6-9,14,20-22,29H,10-13,15H2,1-5H3/t20-,21+,22+,25-,26+/m0/s1. The second-order valence-electron chi connectivity index (χ2n) is 10.7. The molecule has 2 fully saturated rings. The lowest BCUT2D eigenvalue weighted by molar-refractivity contribution is -0.210. The van der Waals surface area contributed by atoms with E-state index in [4.69, 9.17) is 13.9 Å². The molecule has 0 unspecified atom stereocenters. The zero-order chi connectivity index (χ0) is 23.3. The summed E-state index contributed by atoms with van der Waals surface area (Å²) in [6.07, 6.45) is 3.06. The Morgan fingerprint density at radius 1 is 1.12 bits per heavy atom. The second kappa shape index (κ2) is 7.91. The van der Waals surface area contributed by atoms with E-state index < -0.39 is 11.2 Å². The van der Waals surface area contributed by atoms with Crippen molar-refractivity contribution in [1.29, 1.82) is 0 Å². The van der Waals surface area contributed by atoms with Crippen LogP contribution >= 0.6 is 0 Å². The Bertz CT molecular complexity index is 1070. The van der Waals surface area contributed by atoms with Crippen molar-refractivity contribution in [3.63, 3.8) is 0 Å². The SMILES string of the molecule is CC(=O)O[C@@H]1CC[C@]2(C)[C@@H](COc3ccc4ccc(=O)oc4c3)[C@](C)(O)CC[C@H]2C1(C)C. The van der Waals surface area contributed by atoms with Gasteiger partial charge in [0.05, 0.1) is 12.2 Å². The Kier molecular flexibility index (Phi) is 5.64. The lowest BCUT2D eigenvalue weighted by Gasteiger charge is -2.62. The quantitative estimate of drug-likeness (QED) is 0.545. The van der Waals surface area contributed by atoms with Crippen LogP contribution in [0.25, 0.3) is 11.0 Å². The summed E-state index contributed by atoms with van der Waals surface area (Å²) >= 11 is 0. The van der Waals surface area contributed by atoms with E-state index in [-0.39, 0.29) is 34.7 Å². The first-order valence-corrected chi connectivity index (χ1v) is 11.5. The van der Waals surface area contributed by atoms with Gasteiger partial charge in [-0.15, -0.1) is 0 Å². The van der Waals surface area contributed by atoms with Crippen LogP contribution in [0.15, 0.2) is 39.5 Å². The third-order valence-electron chi connectivity index (χ3n) is 8.27. The van der Waals surface area contributed by atoms with E-state index >= 15 is 0 Å². The van der Waals surface area contributed by atoms with Gasteiger partial charge in [-0.05, 0) is 62.1 Å². The van der Waals surface area contributed by atoms with Crippen LogP contribution < -0.4 is 10.4 Å². The summed E-state index contributed by atoms with van der Waals surface area (Å²) in [4.78, 5) is 23.2. The van der Waals surface area contributed by atoms with Crippen molar-refractivity contribution in [1.82, 2.24) is 0 Å². The molecule has 0 amide bonds. The molecule has 6 nitrogen and oxygen atoms in total. The van der Waals surface area contributed by atoms with Crippen molar-refractivity contribution in [2.45, 2.75) is 72.0 Å². The zero-order valence-electron chi connectivity index (χ0n) is 19.6. The molecule has 174 valence electrons. The van der Waals surface area contributed by atoms with Crippen LogP contribution in [0.5, 0.6) is 5.75 Å². The zero-order valence-corrected chi connectivity index (χ0v) is 19.6. The van der Waals surface area contributed by atoms with Gasteiger partial charge in [0.25, 0.3) is 0 Å². The minimum Gasteiger partial charge on any atom is -0.493 e. The molecule has 32 heavy (non-hydrogen) atoms. The van der Waals surface area contributed by atoms with E-state index in [1.165, 1.54) is 13.0 Å². The summed E-state index contributed by atoms with van der Waals surface area (Å²) in [5, 5.41) is 12.2. The maximum absolute atomic E-state index is 11.7. The van der Waals surface area contributed by atoms with Crippen LogP contribution in [0, 0.1) is 22.7 Å². The highest BCUT2D eigenvalue weighted by atomic mass is 16.5. The third kappa shape index (κ3) is 3.94. The van der Waals surface area contributed by atoms with Crippen LogP contribution in [0.4, 0.5) is 0 Å². The highest BCUT2D eigenvalue weighted by molar-refractivity contribution is 5.77. The molecular weight excluding hydrogens is 408 g/mol. The third-order valence-corrected chi connectivity index (χ3v) is 8.27. The fourth-order valence-corrected chi connectivity index (χ4v) is 6.59. The van der Waals surface area contributed by atoms with Gasteiger partial charge in [0.1, 0.15) is 17.4 Å². The second-order valence-corrected chi connectivity index (χ2v) is 10.7. The summed E-state index contributed by atoms with van der Waals surface area (Å²) in [6, 6.07) is 8.59. The molecule has 1 N–H and O–H groups in total. The van der Waals surface area contributed by atoms with Gasteiger partial charge in [-0.1, -0.05) is 20.8 Å². The number of esters is 1. The van der Waals surface area contributed by atoms with Crippen LogP contribution in [-0.4, -0.2) is 29.4 Å². The highest BCUT2D eigenvalue weighted by Gasteiger charge is 2.61. The average Bonchev–Trinajstić information content (AvgIpc) is 2.68. The van der Waals surface area contributed by atoms with Gasteiger partial charge in [-0.25, -0.2) is 4.79 Å². The minimum absolute atomic E-state index is 0.0928. The van der Waals surface area contributed by atoms with Crippen molar-refractivity contribution >= 4 is 16.9 Å². The molecular formula is C26H34O6. The van der Waals surface area contributed by atoms with E-state index in [0.717, 1.165) is 24.6 Å². The summed E-state index contributed by atoms with van der Waals surface area (Å²) in [7, 11) is 0. The molecule has 0 spiro atoms. The Hall–Kier alpha value is -2.34. The molecule has 1 heterocycles. The summed E-state index contributed by atoms with van der Waals surface area (Å²) in [5.74, 6) is 0.569. The van der Waals surface area contributed by atoms with Crippen LogP contribution in [0.1, 0.15) is 60.3 Å². The average molecular weight is 443 g/mol. The lowest BCUT2D eigenvalue weighted by Crippen LogP contribution is -2.62. The lowest BCUT2D eigenvalue weighted by atomic mass is 9.45. The summed E-state index contributed by atoms with van der Waals surface area (Å²) in [5.41, 5.74) is -1.13. The molecule has 5 atom stereocenters. The number of hydrogen-bond acceptors (Lipinski definition) is 6. The molecule has 0 aliphatic heterocycles. The first-order valence-electron chi connectivity index (χ1n) is 11.5. The van der Waals surface area contributed by atoms with Gasteiger partial charge in [0, 0.05) is 35.8 Å². The fraction of sp³-hybridized carbons (Fsp3) is 0.615. The molecule has 6 heteroatoms. The normalized spacial score (nSPS) is 34.0. The fourth-order valence-electron chi connectivity index (χ4n) is 6.59. The van der Waals surface area contributed by atoms with E-state index in [9.17, 15) is 14.7 Å². The van der Waals surface area contributed by atoms with Crippen molar-refractivity contribution in [2.75, 3.05) is 6.61 Å². The Labute approximate surface area is 188 Å². The van der Waals surface area contributed by atoms with E-state index in [1.54, 1.807) is 12.1 Å². The van der Waals surface area contributed by atoms with Crippen molar-refractivity contribution in [2.24, 2.45) is 22.7 Å². The van der Waals surface area contributed by atoms with Gasteiger partial charge in [-0.2, -0.15) is 0 Å². The first kappa shape index (κ1) is 22.8. The van der Waals surface area contributed by atoms with Crippen LogP contribution in [0.3, 0.4) is 0 Å². The topological polar surface area (TPSA) is 86.0 Å². The molecule has 2 saturated carbocycles. The first-order chi connectivity index (χ1) is 14.9. The minimum atomic E-state index is -0.862. The molecule has 0 bridgehead atoms. The van der Waals surface area contributed by atoms with Gasteiger partial charge in [0.15, 0.2) is 0 Å². The molecule has 0 saturated heterocycles. The Morgan fingerprint density at radius 2 is 1.84 bits per heavy atom. The maximum atomic E-state index is 11.7. The Morgan fingerprint density at radius 3 is 2.56 bits per heavy atom. The van der Waals surface area contributed by atoms with E-state index in [2.05, 4.69) is 20.8 Å². The number of benzene rings is 1. The van der Waals surface area contributed by atoms with Gasteiger partial charge >= 0.3 is 11.6 Å². The number of ether oxygens (including phenoxy) is 2. The van der Waals surface area contributed by atoms with Crippen molar-refractivity contribution in [3.05, 3.63) is 40.8 Å². The van der Waals surface area contributed by atoms with Crippen molar-refractivity contribution < 1.29 is 23.8 Å². The molecule has 2 aliphatic rings. The molecule has 1 aromatic carbocycles. The molecule has 0 radical (unpaired) electrons. The highest BCUT2D eigenvalue weighted by Crippen LogP contribution is 2.62. The Balaban J connectivity index is 1.59. The van der Waals surface area contributed by atoms with E-state index in [1.807, 2.05) is 19.1 Å². The summed E-state index contributed by atoms with van der Waals surface area (Å²) < 4.78 is 17.2. The van der Waals surface area contributed by atoms with Crippen LogP contribution in [-0.2, 0) is 9.53 Å².